The van der Waals surface area contributed by atoms with Crippen LogP contribution in [0.1, 0.15) is 6.42 Å². The van der Waals surface area contributed by atoms with Gasteiger partial charge in [-0.3, -0.25) is 0 Å². The molecule has 2 bridgehead atoms. The summed E-state index contributed by atoms with van der Waals surface area (Å²) in [5, 5.41) is 0. The van der Waals surface area contributed by atoms with E-state index in [2.05, 4.69) is 4.74 Å². The summed E-state index contributed by atoms with van der Waals surface area (Å²) in [6.45, 7) is 0. The molecule has 0 aromatic rings. The van der Waals surface area contributed by atoms with Crippen LogP contribution in [0, 0.1) is 0 Å². The Kier molecular flexibility index (Phi) is 2.16. The first kappa shape index (κ1) is 8.47. The second kappa shape index (κ2) is 3.32. The third-order valence-electron chi connectivity index (χ3n) is 2.04. The van der Waals surface area contributed by atoms with Crippen molar-refractivity contribution in [2.75, 3.05) is 7.11 Å². The molecule has 0 N–H and O–H groups in total. The highest BCUT2D eigenvalue weighted by Crippen LogP contribution is 2.23. The standard InChI is InChI=1S/C9H10O4/c1-11-9(10)6-4-7-2-3-8(5-6)13-12-7/h2-4,7-8H,5H2,1H3/t7-,8+/m0/s1. The van der Waals surface area contributed by atoms with Gasteiger partial charge in [0.2, 0.25) is 0 Å². The molecule has 1 aliphatic carbocycles. The summed E-state index contributed by atoms with van der Waals surface area (Å²) in [4.78, 5) is 21.1. The fourth-order valence-electron chi connectivity index (χ4n) is 1.38. The Morgan fingerprint density at radius 2 is 2.38 bits per heavy atom. The summed E-state index contributed by atoms with van der Waals surface area (Å²) in [6, 6.07) is 0. The summed E-state index contributed by atoms with van der Waals surface area (Å²) >= 11 is 0. The number of hydrogen-bond donors (Lipinski definition) is 0. The van der Waals surface area contributed by atoms with E-state index in [0.29, 0.717) is 12.0 Å². The quantitative estimate of drug-likeness (QED) is 0.341. The van der Waals surface area contributed by atoms with Crippen molar-refractivity contribution >= 4 is 5.97 Å². The Balaban J connectivity index is 2.20. The molecule has 0 aromatic heterocycles. The fraction of sp³-hybridized carbons (Fsp3) is 0.444. The van der Waals surface area contributed by atoms with Gasteiger partial charge in [-0.2, -0.15) is 0 Å². The Hall–Kier alpha value is -1.13. The van der Waals surface area contributed by atoms with E-state index >= 15 is 0 Å². The van der Waals surface area contributed by atoms with Crippen molar-refractivity contribution in [1.82, 2.24) is 0 Å². The second-order valence-electron chi connectivity index (χ2n) is 2.97. The van der Waals surface area contributed by atoms with Crippen molar-refractivity contribution in [3.8, 4) is 0 Å². The summed E-state index contributed by atoms with van der Waals surface area (Å²) in [5.41, 5.74) is 0.611. The lowest BCUT2D eigenvalue weighted by atomic mass is 10.1. The molecule has 4 heteroatoms. The maximum atomic E-state index is 11.2. The predicted molar refractivity (Wildman–Crippen MR) is 43.6 cm³/mol. The van der Waals surface area contributed by atoms with Gasteiger partial charge in [0.15, 0.2) is 0 Å². The molecule has 0 fully saturated rings. The Morgan fingerprint density at radius 1 is 1.54 bits per heavy atom. The van der Waals surface area contributed by atoms with E-state index < -0.39 is 0 Å². The number of esters is 1. The van der Waals surface area contributed by atoms with Crippen LogP contribution in [0.3, 0.4) is 0 Å². The van der Waals surface area contributed by atoms with Crippen LogP contribution in [0.4, 0.5) is 0 Å². The summed E-state index contributed by atoms with van der Waals surface area (Å²) in [7, 11) is 1.37. The number of hydrogen-bond acceptors (Lipinski definition) is 4. The maximum Gasteiger partial charge on any atom is 0.333 e. The van der Waals surface area contributed by atoms with Gasteiger partial charge in [0.25, 0.3) is 0 Å². The van der Waals surface area contributed by atoms with Gasteiger partial charge in [-0.1, -0.05) is 12.2 Å². The van der Waals surface area contributed by atoms with Crippen LogP contribution in [0.5, 0.6) is 0 Å². The van der Waals surface area contributed by atoms with Gasteiger partial charge in [-0.05, 0) is 6.08 Å². The monoisotopic (exact) mass is 182 g/mol. The molecule has 0 spiro atoms. The highest BCUT2D eigenvalue weighted by molar-refractivity contribution is 5.88. The average molecular weight is 182 g/mol. The zero-order chi connectivity index (χ0) is 9.26. The molecule has 13 heavy (non-hydrogen) atoms. The normalized spacial score (nSPS) is 31.0. The lowest BCUT2D eigenvalue weighted by Gasteiger charge is -2.15. The van der Waals surface area contributed by atoms with Gasteiger partial charge in [-0.15, -0.1) is 0 Å². The second-order valence-corrected chi connectivity index (χ2v) is 2.97. The lowest BCUT2D eigenvalue weighted by molar-refractivity contribution is -0.327. The summed E-state index contributed by atoms with van der Waals surface area (Å²) < 4.78 is 4.62. The Morgan fingerprint density at radius 3 is 3.00 bits per heavy atom. The van der Waals surface area contributed by atoms with Crippen molar-refractivity contribution in [1.29, 1.82) is 0 Å². The number of carbonyl (C=O) groups is 1. The van der Waals surface area contributed by atoms with Crippen LogP contribution >= 0.6 is 0 Å². The van der Waals surface area contributed by atoms with E-state index in [-0.39, 0.29) is 18.2 Å². The molecule has 0 saturated heterocycles. The zero-order valence-electron chi connectivity index (χ0n) is 7.23. The van der Waals surface area contributed by atoms with Gasteiger partial charge < -0.3 is 4.74 Å². The molecule has 70 valence electrons. The third kappa shape index (κ3) is 1.64. The number of fused-ring (bicyclic) bond motifs is 2. The maximum absolute atomic E-state index is 11.2. The fourth-order valence-corrected chi connectivity index (χ4v) is 1.38. The summed E-state index contributed by atoms with van der Waals surface area (Å²) in [5.74, 6) is -0.312. The van der Waals surface area contributed by atoms with Crippen molar-refractivity contribution in [2.45, 2.75) is 18.6 Å². The van der Waals surface area contributed by atoms with Crippen LogP contribution in [-0.4, -0.2) is 25.3 Å². The Labute approximate surface area is 75.7 Å². The minimum absolute atomic E-state index is 0.163. The van der Waals surface area contributed by atoms with Gasteiger partial charge >= 0.3 is 5.97 Å². The molecule has 3 rings (SSSR count). The molecular weight excluding hydrogens is 172 g/mol. The largest absolute Gasteiger partial charge is 0.466 e. The van der Waals surface area contributed by atoms with Crippen molar-refractivity contribution in [2.24, 2.45) is 0 Å². The number of rotatable bonds is 1. The topological polar surface area (TPSA) is 44.8 Å². The van der Waals surface area contributed by atoms with Crippen molar-refractivity contribution in [3.05, 3.63) is 23.8 Å². The third-order valence-corrected chi connectivity index (χ3v) is 2.04. The number of ether oxygens (including phenoxy) is 1. The zero-order valence-corrected chi connectivity index (χ0v) is 7.23. The van der Waals surface area contributed by atoms with Crippen LogP contribution in [0.25, 0.3) is 0 Å². The highest BCUT2D eigenvalue weighted by Gasteiger charge is 2.26. The lowest BCUT2D eigenvalue weighted by Crippen LogP contribution is -2.17. The molecule has 2 atom stereocenters. The molecule has 2 aliphatic heterocycles. The predicted octanol–water partition coefficient (Wildman–Crippen LogP) is 0.745. The van der Waals surface area contributed by atoms with Gasteiger partial charge in [-0.25, -0.2) is 14.6 Å². The van der Waals surface area contributed by atoms with Crippen molar-refractivity contribution < 1.29 is 19.3 Å². The Bertz CT molecular complexity index is 279. The summed E-state index contributed by atoms with van der Waals surface area (Å²) in [6.07, 6.45) is 5.57. The van der Waals surface area contributed by atoms with Crippen LogP contribution in [0.15, 0.2) is 23.8 Å². The van der Waals surface area contributed by atoms with Gasteiger partial charge in [0, 0.05) is 12.0 Å². The van der Waals surface area contributed by atoms with Crippen LogP contribution in [-0.2, 0) is 19.3 Å². The minimum atomic E-state index is -0.312. The molecule has 3 aliphatic rings. The minimum Gasteiger partial charge on any atom is -0.466 e. The smallest absolute Gasteiger partial charge is 0.333 e. The molecule has 0 amide bonds. The highest BCUT2D eigenvalue weighted by atomic mass is 17.2. The number of carbonyl (C=O) groups excluding carboxylic acids is 1. The first-order valence-corrected chi connectivity index (χ1v) is 4.09. The van der Waals surface area contributed by atoms with E-state index in [0.717, 1.165) is 0 Å². The molecule has 2 heterocycles. The SMILES string of the molecule is COC(=O)C1=C[C@@H]2C=C[C@H](C1)OO2. The molecule has 0 radical (unpaired) electrons. The molecule has 0 saturated carbocycles. The molecule has 0 unspecified atom stereocenters. The molecule has 0 aromatic carbocycles. The van der Waals surface area contributed by atoms with E-state index in [4.69, 9.17) is 9.78 Å². The molecular formula is C9H10O4. The average Bonchev–Trinajstić information content (AvgIpc) is 2.49. The van der Waals surface area contributed by atoms with E-state index in [1.54, 1.807) is 6.08 Å². The van der Waals surface area contributed by atoms with Crippen LogP contribution in [0.2, 0.25) is 0 Å². The van der Waals surface area contributed by atoms with Gasteiger partial charge in [0.1, 0.15) is 12.2 Å². The van der Waals surface area contributed by atoms with Crippen molar-refractivity contribution in [3.63, 3.8) is 0 Å². The first-order valence-electron chi connectivity index (χ1n) is 4.09. The molecule has 4 nitrogen and oxygen atoms in total. The first-order chi connectivity index (χ1) is 6.29. The van der Waals surface area contributed by atoms with Gasteiger partial charge in [0.05, 0.1) is 7.11 Å². The van der Waals surface area contributed by atoms with E-state index in [9.17, 15) is 4.79 Å². The van der Waals surface area contributed by atoms with E-state index in [1.165, 1.54) is 7.11 Å². The number of methoxy groups -OCH3 is 1. The van der Waals surface area contributed by atoms with E-state index in [1.807, 2.05) is 12.2 Å². The van der Waals surface area contributed by atoms with Crippen LogP contribution < -0.4 is 0 Å².